The zero-order valence-electron chi connectivity index (χ0n) is 13.4. The van der Waals surface area contributed by atoms with E-state index in [1.807, 2.05) is 0 Å². The highest BCUT2D eigenvalue weighted by Gasteiger charge is 2.22. The minimum Gasteiger partial charge on any atom is -0.459 e. The quantitative estimate of drug-likeness (QED) is 0.869. The number of esters is 1. The number of benzene rings is 1. The van der Waals surface area contributed by atoms with Gasteiger partial charge in [0.25, 0.3) is 0 Å². The van der Waals surface area contributed by atoms with Gasteiger partial charge in [-0.1, -0.05) is 19.3 Å². The normalized spacial score (nSPS) is 19.8. The van der Waals surface area contributed by atoms with Crippen LogP contribution in [0.4, 0.5) is 10.5 Å². The molecule has 0 spiro atoms. The van der Waals surface area contributed by atoms with Crippen molar-refractivity contribution in [2.75, 3.05) is 18.0 Å². The van der Waals surface area contributed by atoms with E-state index < -0.39 is 0 Å². The first kappa shape index (κ1) is 15.8. The molecule has 1 heterocycles. The fourth-order valence-corrected chi connectivity index (χ4v) is 3.25. The van der Waals surface area contributed by atoms with Gasteiger partial charge < -0.3 is 10.1 Å². The van der Waals surface area contributed by atoms with Crippen molar-refractivity contribution in [3.63, 3.8) is 0 Å². The van der Waals surface area contributed by atoms with Crippen molar-refractivity contribution < 1.29 is 14.3 Å². The molecule has 1 aliphatic heterocycles. The van der Waals surface area contributed by atoms with Crippen molar-refractivity contribution in [1.29, 1.82) is 0 Å². The number of carbonyl (C=O) groups excluding carboxylic acids is 2. The first-order valence-electron chi connectivity index (χ1n) is 8.60. The van der Waals surface area contributed by atoms with Crippen molar-refractivity contribution >= 4 is 17.7 Å². The monoisotopic (exact) mass is 316 g/mol. The van der Waals surface area contributed by atoms with Gasteiger partial charge in [-0.3, -0.25) is 4.90 Å². The smallest absolute Gasteiger partial charge is 0.338 e. The van der Waals surface area contributed by atoms with E-state index >= 15 is 0 Å². The van der Waals surface area contributed by atoms with Crippen molar-refractivity contribution in [1.82, 2.24) is 5.32 Å². The van der Waals surface area contributed by atoms with E-state index in [0.29, 0.717) is 18.7 Å². The number of rotatable bonds is 3. The molecule has 1 saturated carbocycles. The molecule has 1 N–H and O–H groups in total. The van der Waals surface area contributed by atoms with Crippen LogP contribution in [-0.2, 0) is 4.74 Å². The number of hydrogen-bond acceptors (Lipinski definition) is 3. The Morgan fingerprint density at radius 1 is 1.04 bits per heavy atom. The van der Waals surface area contributed by atoms with Crippen LogP contribution in [0.5, 0.6) is 0 Å². The van der Waals surface area contributed by atoms with Crippen LogP contribution in [0.15, 0.2) is 24.3 Å². The summed E-state index contributed by atoms with van der Waals surface area (Å²) in [5, 5.41) is 2.77. The lowest BCUT2D eigenvalue weighted by molar-refractivity contribution is 0.0239. The molecule has 5 nitrogen and oxygen atoms in total. The van der Waals surface area contributed by atoms with Gasteiger partial charge in [0.05, 0.1) is 5.56 Å². The lowest BCUT2D eigenvalue weighted by Gasteiger charge is -2.20. The standard InChI is InChI=1S/C18H24N2O3/c21-17(23-16-6-4-2-1-3-5-7-16)14-8-10-15(11-9-14)20-13-12-19-18(20)22/h8-11,16H,1-7,12-13H2,(H,19,22). The average molecular weight is 316 g/mol. The van der Waals surface area contributed by atoms with Crippen molar-refractivity contribution in [2.24, 2.45) is 0 Å². The first-order valence-corrected chi connectivity index (χ1v) is 8.60. The number of amides is 2. The Morgan fingerprint density at radius 2 is 1.70 bits per heavy atom. The summed E-state index contributed by atoms with van der Waals surface area (Å²) in [7, 11) is 0. The number of urea groups is 1. The minimum absolute atomic E-state index is 0.0480. The molecule has 2 aliphatic rings. The predicted octanol–water partition coefficient (Wildman–Crippen LogP) is 3.49. The minimum atomic E-state index is -0.256. The third kappa shape index (κ3) is 4.03. The van der Waals surface area contributed by atoms with Crippen LogP contribution in [0.3, 0.4) is 0 Å². The highest BCUT2D eigenvalue weighted by Crippen LogP contribution is 2.22. The molecule has 1 aromatic rings. The lowest BCUT2D eigenvalue weighted by Crippen LogP contribution is -2.27. The fourth-order valence-electron chi connectivity index (χ4n) is 3.25. The number of nitrogens with zero attached hydrogens (tertiary/aromatic N) is 1. The summed E-state index contributed by atoms with van der Waals surface area (Å²) in [5.74, 6) is -0.256. The molecule has 1 aromatic carbocycles. The Morgan fingerprint density at radius 3 is 2.30 bits per heavy atom. The topological polar surface area (TPSA) is 58.6 Å². The largest absolute Gasteiger partial charge is 0.459 e. The Balaban J connectivity index is 1.59. The summed E-state index contributed by atoms with van der Waals surface area (Å²) in [6, 6.07) is 7.01. The van der Waals surface area contributed by atoms with Gasteiger partial charge in [-0.05, 0) is 49.9 Å². The molecule has 23 heavy (non-hydrogen) atoms. The van der Waals surface area contributed by atoms with Crippen molar-refractivity contribution in [3.05, 3.63) is 29.8 Å². The zero-order chi connectivity index (χ0) is 16.1. The van der Waals surface area contributed by atoms with E-state index in [4.69, 9.17) is 4.74 Å². The van der Waals surface area contributed by atoms with Gasteiger partial charge in [0.1, 0.15) is 6.10 Å². The maximum absolute atomic E-state index is 12.3. The average Bonchev–Trinajstić information content (AvgIpc) is 2.96. The number of hydrogen-bond donors (Lipinski definition) is 1. The highest BCUT2D eigenvalue weighted by molar-refractivity contribution is 5.95. The van der Waals surface area contributed by atoms with Crippen molar-refractivity contribution in [3.8, 4) is 0 Å². The zero-order valence-corrected chi connectivity index (χ0v) is 13.4. The second kappa shape index (κ2) is 7.49. The fraction of sp³-hybridized carbons (Fsp3) is 0.556. The molecule has 2 amide bonds. The Bertz CT molecular complexity index is 548. The number of nitrogens with one attached hydrogen (secondary N) is 1. The maximum Gasteiger partial charge on any atom is 0.338 e. The summed E-state index contributed by atoms with van der Waals surface area (Å²) in [6.07, 6.45) is 8.04. The van der Waals surface area contributed by atoms with Crippen LogP contribution in [0.25, 0.3) is 0 Å². The van der Waals surface area contributed by atoms with Gasteiger partial charge in [-0.25, -0.2) is 9.59 Å². The first-order chi connectivity index (χ1) is 11.2. The predicted molar refractivity (Wildman–Crippen MR) is 88.7 cm³/mol. The second-order valence-electron chi connectivity index (χ2n) is 6.30. The Kier molecular flexibility index (Phi) is 5.16. The lowest BCUT2D eigenvalue weighted by atomic mass is 9.98. The number of carbonyl (C=O) groups is 2. The number of anilines is 1. The van der Waals surface area contributed by atoms with Gasteiger partial charge in [0, 0.05) is 18.8 Å². The van der Waals surface area contributed by atoms with Gasteiger partial charge >= 0.3 is 12.0 Å². The second-order valence-corrected chi connectivity index (χ2v) is 6.30. The van der Waals surface area contributed by atoms with E-state index in [-0.39, 0.29) is 18.1 Å². The van der Waals surface area contributed by atoms with Gasteiger partial charge in [-0.2, -0.15) is 0 Å². The molecule has 0 bridgehead atoms. The van der Waals surface area contributed by atoms with E-state index in [0.717, 1.165) is 31.4 Å². The highest BCUT2D eigenvalue weighted by atomic mass is 16.5. The molecule has 0 aromatic heterocycles. The number of ether oxygens (including phenoxy) is 1. The third-order valence-electron chi connectivity index (χ3n) is 4.60. The van der Waals surface area contributed by atoms with Gasteiger partial charge in [-0.15, -0.1) is 0 Å². The van der Waals surface area contributed by atoms with Crippen LogP contribution in [-0.4, -0.2) is 31.2 Å². The molecule has 2 fully saturated rings. The summed E-state index contributed by atoms with van der Waals surface area (Å²) >= 11 is 0. The summed E-state index contributed by atoms with van der Waals surface area (Å²) in [5.41, 5.74) is 1.36. The molecule has 0 atom stereocenters. The molecule has 1 saturated heterocycles. The summed E-state index contributed by atoms with van der Waals surface area (Å²) in [4.78, 5) is 25.6. The molecule has 3 rings (SSSR count). The van der Waals surface area contributed by atoms with E-state index in [1.54, 1.807) is 29.2 Å². The molecule has 0 unspecified atom stereocenters. The van der Waals surface area contributed by atoms with Gasteiger partial charge in [0.15, 0.2) is 0 Å². The van der Waals surface area contributed by atoms with Crippen LogP contribution in [0.2, 0.25) is 0 Å². The van der Waals surface area contributed by atoms with E-state index in [2.05, 4.69) is 5.32 Å². The molecule has 1 aliphatic carbocycles. The third-order valence-corrected chi connectivity index (χ3v) is 4.60. The summed E-state index contributed by atoms with van der Waals surface area (Å²) in [6.45, 7) is 1.31. The molecule has 124 valence electrons. The van der Waals surface area contributed by atoms with Gasteiger partial charge in [0.2, 0.25) is 0 Å². The molecular weight excluding hydrogens is 292 g/mol. The van der Waals surface area contributed by atoms with Crippen LogP contribution in [0, 0.1) is 0 Å². The SMILES string of the molecule is O=C(OC1CCCCCCC1)c1ccc(N2CCNC2=O)cc1. The molecular formula is C18H24N2O3. The van der Waals surface area contributed by atoms with Crippen LogP contribution in [0.1, 0.15) is 55.3 Å². The summed E-state index contributed by atoms with van der Waals surface area (Å²) < 4.78 is 5.67. The maximum atomic E-state index is 12.3. The van der Waals surface area contributed by atoms with Crippen LogP contribution >= 0.6 is 0 Å². The molecule has 5 heteroatoms. The van der Waals surface area contributed by atoms with E-state index in [9.17, 15) is 9.59 Å². The Hall–Kier alpha value is -2.04. The van der Waals surface area contributed by atoms with E-state index in [1.165, 1.54) is 19.3 Å². The van der Waals surface area contributed by atoms with Crippen molar-refractivity contribution in [2.45, 2.75) is 51.0 Å². The molecule has 0 radical (unpaired) electrons. The Labute approximate surface area is 137 Å². The van der Waals surface area contributed by atoms with Crippen LogP contribution < -0.4 is 10.2 Å².